The lowest BCUT2D eigenvalue weighted by molar-refractivity contribution is 0.0696. The first kappa shape index (κ1) is 12.8. The van der Waals surface area contributed by atoms with Gasteiger partial charge in [-0.15, -0.1) is 0 Å². The smallest absolute Gasteiger partial charge is 0.339 e. The Morgan fingerprint density at radius 1 is 1.50 bits per heavy atom. The number of aliphatic hydroxyl groups excluding tert-OH is 1. The molecule has 5 nitrogen and oxygen atoms in total. The van der Waals surface area contributed by atoms with Crippen molar-refractivity contribution < 1.29 is 15.0 Å². The molecule has 1 aliphatic carbocycles. The predicted molar refractivity (Wildman–Crippen MR) is 68.0 cm³/mol. The molecular formula is C13H18N2O3. The summed E-state index contributed by atoms with van der Waals surface area (Å²) in [7, 11) is 0. The summed E-state index contributed by atoms with van der Waals surface area (Å²) in [6, 6.07) is 1.75. The van der Waals surface area contributed by atoms with Gasteiger partial charge in [-0.05, 0) is 44.7 Å². The zero-order valence-electron chi connectivity index (χ0n) is 10.7. The first-order valence-corrected chi connectivity index (χ1v) is 6.08. The highest BCUT2D eigenvalue weighted by atomic mass is 16.4. The molecule has 0 saturated heterocycles. The number of aliphatic hydroxyl groups is 1. The van der Waals surface area contributed by atoms with E-state index in [0.29, 0.717) is 11.4 Å². The summed E-state index contributed by atoms with van der Waals surface area (Å²) in [6.45, 7) is 3.59. The Morgan fingerprint density at radius 2 is 2.17 bits per heavy atom. The van der Waals surface area contributed by atoms with Crippen molar-refractivity contribution in [3.63, 3.8) is 0 Å². The van der Waals surface area contributed by atoms with Gasteiger partial charge in [0.05, 0.1) is 12.1 Å². The Labute approximate surface area is 106 Å². The Bertz CT molecular complexity index is 476. The summed E-state index contributed by atoms with van der Waals surface area (Å²) in [4.78, 5) is 15.6. The fourth-order valence-electron chi connectivity index (χ4n) is 2.37. The zero-order valence-corrected chi connectivity index (χ0v) is 10.7. The molecule has 1 saturated carbocycles. The third-order valence-electron chi connectivity index (χ3n) is 3.56. The molecule has 0 atom stereocenters. The minimum Gasteiger partial charge on any atom is -0.478 e. The number of hydrogen-bond donors (Lipinski definition) is 3. The highest BCUT2D eigenvalue weighted by Gasteiger charge is 2.37. The van der Waals surface area contributed by atoms with E-state index in [4.69, 9.17) is 0 Å². The van der Waals surface area contributed by atoms with Gasteiger partial charge in [-0.1, -0.05) is 0 Å². The van der Waals surface area contributed by atoms with Crippen LogP contribution in [0.15, 0.2) is 6.07 Å². The molecule has 0 aromatic carbocycles. The fourth-order valence-corrected chi connectivity index (χ4v) is 2.37. The largest absolute Gasteiger partial charge is 0.478 e. The maximum Gasteiger partial charge on any atom is 0.339 e. The number of aryl methyl sites for hydroxylation is 2. The van der Waals surface area contributed by atoms with Gasteiger partial charge in [-0.2, -0.15) is 0 Å². The van der Waals surface area contributed by atoms with Crippen LogP contribution in [0.4, 0.5) is 5.82 Å². The molecule has 0 radical (unpaired) electrons. The fraction of sp³-hybridized carbons (Fsp3) is 0.538. The number of carbonyl (C=O) groups is 1. The summed E-state index contributed by atoms with van der Waals surface area (Å²) in [5, 5.41) is 21.8. The van der Waals surface area contributed by atoms with Crippen LogP contribution >= 0.6 is 0 Å². The Morgan fingerprint density at radius 3 is 2.61 bits per heavy atom. The maximum absolute atomic E-state index is 11.3. The van der Waals surface area contributed by atoms with E-state index in [1.165, 1.54) is 0 Å². The number of carboxylic acid groups (broad SMARTS) is 1. The van der Waals surface area contributed by atoms with Crippen LogP contribution in [0, 0.1) is 13.8 Å². The van der Waals surface area contributed by atoms with Crippen molar-refractivity contribution in [2.75, 3.05) is 11.9 Å². The van der Waals surface area contributed by atoms with Crippen LogP contribution in [0.5, 0.6) is 0 Å². The molecule has 5 heteroatoms. The summed E-state index contributed by atoms with van der Waals surface area (Å²) in [6.07, 6.45) is 2.73. The molecule has 0 spiro atoms. The van der Waals surface area contributed by atoms with Crippen molar-refractivity contribution >= 4 is 11.8 Å². The Hall–Kier alpha value is -1.62. The Balaban J connectivity index is 2.39. The molecule has 3 N–H and O–H groups in total. The molecule has 18 heavy (non-hydrogen) atoms. The van der Waals surface area contributed by atoms with Gasteiger partial charge in [0.25, 0.3) is 0 Å². The molecule has 1 fully saturated rings. The third-order valence-corrected chi connectivity index (χ3v) is 3.56. The second kappa shape index (κ2) is 4.57. The molecule has 2 rings (SSSR count). The quantitative estimate of drug-likeness (QED) is 0.758. The van der Waals surface area contributed by atoms with Gasteiger partial charge in [0.2, 0.25) is 0 Å². The van der Waals surface area contributed by atoms with Gasteiger partial charge >= 0.3 is 5.97 Å². The van der Waals surface area contributed by atoms with Gasteiger partial charge in [0.15, 0.2) is 0 Å². The van der Waals surface area contributed by atoms with E-state index in [0.717, 1.165) is 25.0 Å². The van der Waals surface area contributed by atoms with Crippen molar-refractivity contribution in [1.29, 1.82) is 0 Å². The molecular weight excluding hydrogens is 232 g/mol. The topological polar surface area (TPSA) is 82.5 Å². The second-order valence-electron chi connectivity index (χ2n) is 5.03. The van der Waals surface area contributed by atoms with Gasteiger partial charge in [0, 0.05) is 5.69 Å². The molecule has 0 unspecified atom stereocenters. The molecule has 0 bridgehead atoms. The molecule has 98 valence electrons. The van der Waals surface area contributed by atoms with Crippen molar-refractivity contribution in [3.8, 4) is 0 Å². The number of nitrogens with zero attached hydrogens (tertiary/aromatic N) is 1. The van der Waals surface area contributed by atoms with E-state index in [-0.39, 0.29) is 12.2 Å². The lowest BCUT2D eigenvalue weighted by atomic mass is 9.77. The molecule has 1 aromatic rings. The van der Waals surface area contributed by atoms with Crippen LogP contribution in [-0.4, -0.2) is 33.3 Å². The van der Waals surface area contributed by atoms with Gasteiger partial charge in [-0.3, -0.25) is 0 Å². The summed E-state index contributed by atoms with van der Waals surface area (Å²) in [5.74, 6) is -0.622. The van der Waals surface area contributed by atoms with Crippen LogP contribution in [0.1, 0.15) is 40.9 Å². The van der Waals surface area contributed by atoms with Crippen LogP contribution in [0.3, 0.4) is 0 Å². The highest BCUT2D eigenvalue weighted by Crippen LogP contribution is 2.35. The van der Waals surface area contributed by atoms with E-state index >= 15 is 0 Å². The van der Waals surface area contributed by atoms with E-state index in [9.17, 15) is 15.0 Å². The standard InChI is InChI=1S/C13H18N2O3/c1-8-6-9(2)14-11(10(8)12(17)18)15-13(7-16)4-3-5-13/h6,16H,3-5,7H2,1-2H3,(H,14,15)(H,17,18). The number of carboxylic acids is 1. The normalized spacial score (nSPS) is 17.1. The van der Waals surface area contributed by atoms with Crippen molar-refractivity contribution in [1.82, 2.24) is 4.98 Å². The molecule has 0 aliphatic heterocycles. The number of anilines is 1. The molecule has 1 aliphatic rings. The van der Waals surface area contributed by atoms with Gasteiger partial charge < -0.3 is 15.5 Å². The Kier molecular flexibility index (Phi) is 3.26. The van der Waals surface area contributed by atoms with Crippen molar-refractivity contribution in [2.45, 2.75) is 38.6 Å². The monoisotopic (exact) mass is 250 g/mol. The number of pyridine rings is 1. The first-order valence-electron chi connectivity index (χ1n) is 6.08. The first-order chi connectivity index (χ1) is 8.47. The summed E-state index contributed by atoms with van der Waals surface area (Å²) < 4.78 is 0. The van der Waals surface area contributed by atoms with Crippen LogP contribution in [-0.2, 0) is 0 Å². The van der Waals surface area contributed by atoms with E-state index < -0.39 is 11.5 Å². The molecule has 1 heterocycles. The number of rotatable bonds is 4. The van der Waals surface area contributed by atoms with E-state index in [2.05, 4.69) is 10.3 Å². The summed E-state index contributed by atoms with van der Waals surface area (Å²) >= 11 is 0. The molecule has 1 aromatic heterocycles. The molecule has 0 amide bonds. The number of hydrogen-bond acceptors (Lipinski definition) is 4. The van der Waals surface area contributed by atoms with Gasteiger partial charge in [0.1, 0.15) is 11.4 Å². The van der Waals surface area contributed by atoms with Crippen LogP contribution in [0.2, 0.25) is 0 Å². The number of aromatic carboxylic acids is 1. The van der Waals surface area contributed by atoms with Crippen molar-refractivity contribution in [2.24, 2.45) is 0 Å². The lowest BCUT2D eigenvalue weighted by Crippen LogP contribution is -2.49. The van der Waals surface area contributed by atoms with Crippen LogP contribution in [0.25, 0.3) is 0 Å². The third kappa shape index (κ3) is 2.18. The van der Waals surface area contributed by atoms with Crippen molar-refractivity contribution in [3.05, 3.63) is 22.9 Å². The van der Waals surface area contributed by atoms with Gasteiger partial charge in [-0.25, -0.2) is 9.78 Å². The predicted octanol–water partition coefficient (Wildman–Crippen LogP) is 1.72. The summed E-state index contributed by atoms with van der Waals surface area (Å²) in [5.41, 5.74) is 1.26. The zero-order chi connectivity index (χ0) is 13.3. The minimum atomic E-state index is -0.991. The second-order valence-corrected chi connectivity index (χ2v) is 5.03. The lowest BCUT2D eigenvalue weighted by Gasteiger charge is -2.41. The average molecular weight is 250 g/mol. The SMILES string of the molecule is Cc1cc(C)c(C(=O)O)c(NC2(CO)CCC2)n1. The maximum atomic E-state index is 11.3. The van der Waals surface area contributed by atoms with E-state index in [1.807, 2.05) is 6.92 Å². The highest BCUT2D eigenvalue weighted by molar-refractivity contribution is 5.95. The van der Waals surface area contributed by atoms with E-state index in [1.54, 1.807) is 13.0 Å². The number of aromatic nitrogens is 1. The minimum absolute atomic E-state index is 0.000723. The number of nitrogens with one attached hydrogen (secondary N) is 1. The van der Waals surface area contributed by atoms with Crippen LogP contribution < -0.4 is 5.32 Å². The average Bonchev–Trinajstić information content (AvgIpc) is 2.21.